The van der Waals surface area contributed by atoms with Crippen LogP contribution in [0.25, 0.3) is 11.0 Å². The molecule has 24 heavy (non-hydrogen) atoms. The number of ether oxygens (including phenoxy) is 1. The van der Waals surface area contributed by atoms with Gasteiger partial charge in [0.1, 0.15) is 12.3 Å². The maximum Gasteiger partial charge on any atom is 0.407 e. The van der Waals surface area contributed by atoms with E-state index in [0.717, 1.165) is 22.2 Å². The molecule has 0 aliphatic carbocycles. The lowest BCUT2D eigenvalue weighted by atomic mass is 10.2. The second kappa shape index (κ2) is 7.84. The third-order valence-electron chi connectivity index (χ3n) is 3.42. The quantitative estimate of drug-likeness (QED) is 0.573. The average Bonchev–Trinajstić information content (AvgIpc) is 3.10. The van der Waals surface area contributed by atoms with Gasteiger partial charge in [-0.1, -0.05) is 42.2 Å². The maximum atomic E-state index is 11.6. The van der Waals surface area contributed by atoms with Crippen molar-refractivity contribution in [3.05, 3.63) is 66.0 Å². The summed E-state index contributed by atoms with van der Waals surface area (Å²) in [5, 5.41) is 3.69. The van der Waals surface area contributed by atoms with Crippen LogP contribution in [0.4, 0.5) is 4.79 Å². The van der Waals surface area contributed by atoms with E-state index >= 15 is 0 Å². The molecule has 0 aliphatic rings. The average molecular weight is 319 g/mol. The van der Waals surface area contributed by atoms with Crippen molar-refractivity contribution in [3.63, 3.8) is 0 Å². The summed E-state index contributed by atoms with van der Waals surface area (Å²) >= 11 is 0. The van der Waals surface area contributed by atoms with Gasteiger partial charge in [0, 0.05) is 36.3 Å². The van der Waals surface area contributed by atoms with Crippen LogP contribution in [0, 0.1) is 11.8 Å². The number of amides is 1. The number of pyridine rings is 1. The second-order valence-electron chi connectivity index (χ2n) is 5.14. The van der Waals surface area contributed by atoms with Gasteiger partial charge in [0.25, 0.3) is 0 Å². The van der Waals surface area contributed by atoms with Crippen LogP contribution < -0.4 is 5.32 Å². The van der Waals surface area contributed by atoms with Crippen LogP contribution in [0.15, 0.2) is 54.9 Å². The van der Waals surface area contributed by atoms with Crippen LogP contribution in [-0.2, 0) is 11.3 Å². The van der Waals surface area contributed by atoms with Crippen molar-refractivity contribution in [1.82, 2.24) is 15.3 Å². The number of H-pyrrole nitrogens is 1. The zero-order valence-electron chi connectivity index (χ0n) is 13.1. The molecule has 3 aromatic rings. The number of hydrogen-bond acceptors (Lipinski definition) is 3. The number of rotatable bonds is 4. The highest BCUT2D eigenvalue weighted by Gasteiger charge is 2.01. The van der Waals surface area contributed by atoms with Crippen LogP contribution in [0.3, 0.4) is 0 Å². The van der Waals surface area contributed by atoms with Crippen LogP contribution in [0.1, 0.15) is 17.5 Å². The van der Waals surface area contributed by atoms with Crippen molar-refractivity contribution in [3.8, 4) is 11.8 Å². The summed E-state index contributed by atoms with van der Waals surface area (Å²) < 4.78 is 5.13. The molecule has 0 bridgehead atoms. The predicted molar refractivity (Wildman–Crippen MR) is 92.2 cm³/mol. The molecule has 5 nitrogen and oxygen atoms in total. The number of nitrogens with zero attached hydrogens (tertiary/aromatic N) is 1. The number of nitrogens with one attached hydrogen (secondary N) is 2. The first-order chi connectivity index (χ1) is 11.8. The molecule has 0 radical (unpaired) electrons. The van der Waals surface area contributed by atoms with E-state index in [1.165, 1.54) is 0 Å². The Morgan fingerprint density at radius 1 is 1.21 bits per heavy atom. The standard InChI is InChI=1S/C19H17N3O2/c23-19(24-14-15-6-2-1-3-7-15)22-11-5-4-8-16-9-12-20-18-17(16)10-13-21-18/h1-3,6-7,9-10,12-13H,5,11,14H2,(H,20,21)(H,22,23). The van der Waals surface area contributed by atoms with E-state index in [9.17, 15) is 4.79 Å². The predicted octanol–water partition coefficient (Wildman–Crippen LogP) is 3.23. The van der Waals surface area contributed by atoms with Gasteiger partial charge in [-0.15, -0.1) is 0 Å². The minimum atomic E-state index is -0.433. The molecule has 0 spiro atoms. The molecule has 0 atom stereocenters. The molecule has 3 rings (SSSR count). The molecule has 2 heterocycles. The highest BCUT2D eigenvalue weighted by atomic mass is 16.5. The zero-order chi connectivity index (χ0) is 16.6. The van der Waals surface area contributed by atoms with Crippen LogP contribution in [-0.4, -0.2) is 22.6 Å². The van der Waals surface area contributed by atoms with Crippen molar-refractivity contribution in [2.24, 2.45) is 0 Å². The molecular formula is C19H17N3O2. The van der Waals surface area contributed by atoms with Crippen molar-refractivity contribution >= 4 is 17.1 Å². The number of carbonyl (C=O) groups excluding carboxylic acids is 1. The Kier molecular flexibility index (Phi) is 5.10. The first-order valence-electron chi connectivity index (χ1n) is 7.68. The van der Waals surface area contributed by atoms with Crippen molar-refractivity contribution in [2.75, 3.05) is 6.54 Å². The lowest BCUT2D eigenvalue weighted by Crippen LogP contribution is -2.24. The van der Waals surface area contributed by atoms with Crippen LogP contribution in [0.2, 0.25) is 0 Å². The highest BCUT2D eigenvalue weighted by Crippen LogP contribution is 2.13. The third kappa shape index (κ3) is 4.14. The van der Waals surface area contributed by atoms with Gasteiger partial charge in [-0.25, -0.2) is 9.78 Å². The molecule has 2 N–H and O–H groups in total. The van der Waals surface area contributed by atoms with Crippen molar-refractivity contribution < 1.29 is 9.53 Å². The SMILES string of the molecule is O=C(NCCC#Cc1ccnc2[nH]ccc12)OCc1ccccc1. The summed E-state index contributed by atoms with van der Waals surface area (Å²) in [7, 11) is 0. The van der Waals surface area contributed by atoms with Gasteiger partial charge in [-0.2, -0.15) is 0 Å². The maximum absolute atomic E-state index is 11.6. The topological polar surface area (TPSA) is 67.0 Å². The minimum Gasteiger partial charge on any atom is -0.445 e. The molecule has 0 fully saturated rings. The van der Waals surface area contributed by atoms with E-state index in [1.807, 2.05) is 48.7 Å². The minimum absolute atomic E-state index is 0.265. The van der Waals surface area contributed by atoms with Gasteiger partial charge in [-0.05, 0) is 17.7 Å². The molecule has 120 valence electrons. The molecule has 1 aromatic carbocycles. The summed E-state index contributed by atoms with van der Waals surface area (Å²) in [6.07, 6.45) is 3.68. The fraction of sp³-hybridized carbons (Fsp3) is 0.158. The molecule has 0 saturated heterocycles. The smallest absolute Gasteiger partial charge is 0.407 e. The number of carbonyl (C=O) groups is 1. The Balaban J connectivity index is 1.43. The van der Waals surface area contributed by atoms with Gasteiger partial charge in [0.05, 0.1) is 0 Å². The largest absolute Gasteiger partial charge is 0.445 e. The monoisotopic (exact) mass is 319 g/mol. The Morgan fingerprint density at radius 3 is 2.96 bits per heavy atom. The third-order valence-corrected chi connectivity index (χ3v) is 3.42. The van der Waals surface area contributed by atoms with Gasteiger partial charge in [-0.3, -0.25) is 0 Å². The van der Waals surface area contributed by atoms with E-state index in [-0.39, 0.29) is 6.61 Å². The fourth-order valence-electron chi connectivity index (χ4n) is 2.23. The molecule has 0 aliphatic heterocycles. The summed E-state index contributed by atoms with van der Waals surface area (Å²) in [6, 6.07) is 13.4. The zero-order valence-corrected chi connectivity index (χ0v) is 13.1. The highest BCUT2D eigenvalue weighted by molar-refractivity contribution is 5.82. The van der Waals surface area contributed by atoms with E-state index in [1.54, 1.807) is 6.20 Å². The lowest BCUT2D eigenvalue weighted by Gasteiger charge is -2.05. The number of aromatic amines is 1. The van der Waals surface area contributed by atoms with E-state index in [0.29, 0.717) is 13.0 Å². The first-order valence-corrected chi connectivity index (χ1v) is 7.68. The Hall–Kier alpha value is -3.26. The van der Waals surface area contributed by atoms with Gasteiger partial charge in [0.15, 0.2) is 0 Å². The fourth-order valence-corrected chi connectivity index (χ4v) is 2.23. The lowest BCUT2D eigenvalue weighted by molar-refractivity contribution is 0.140. The summed E-state index contributed by atoms with van der Waals surface area (Å²) in [6.45, 7) is 0.711. The number of aromatic nitrogens is 2. The number of hydrogen-bond donors (Lipinski definition) is 2. The van der Waals surface area contributed by atoms with Crippen LogP contribution >= 0.6 is 0 Å². The van der Waals surface area contributed by atoms with Gasteiger partial charge in [0.2, 0.25) is 0 Å². The molecule has 2 aromatic heterocycles. The van der Waals surface area contributed by atoms with Gasteiger partial charge >= 0.3 is 6.09 Å². The van der Waals surface area contributed by atoms with Crippen molar-refractivity contribution in [1.29, 1.82) is 0 Å². The molecule has 1 amide bonds. The van der Waals surface area contributed by atoms with E-state index in [4.69, 9.17) is 4.74 Å². The number of benzene rings is 1. The number of alkyl carbamates (subject to hydrolysis) is 1. The number of fused-ring (bicyclic) bond motifs is 1. The summed E-state index contributed by atoms with van der Waals surface area (Å²) in [4.78, 5) is 18.9. The molecule has 0 unspecified atom stereocenters. The second-order valence-corrected chi connectivity index (χ2v) is 5.14. The normalized spacial score (nSPS) is 10.0. The Bertz CT molecular complexity index is 876. The Morgan fingerprint density at radius 2 is 2.08 bits per heavy atom. The van der Waals surface area contributed by atoms with Crippen molar-refractivity contribution in [2.45, 2.75) is 13.0 Å². The van der Waals surface area contributed by atoms with E-state index < -0.39 is 6.09 Å². The van der Waals surface area contributed by atoms with Crippen LogP contribution in [0.5, 0.6) is 0 Å². The molecular weight excluding hydrogens is 302 g/mol. The van der Waals surface area contributed by atoms with E-state index in [2.05, 4.69) is 27.1 Å². The van der Waals surface area contributed by atoms with Gasteiger partial charge < -0.3 is 15.0 Å². The molecule has 0 saturated carbocycles. The summed E-state index contributed by atoms with van der Waals surface area (Å²) in [5.74, 6) is 6.15. The molecule has 5 heteroatoms. The first kappa shape index (κ1) is 15.6. The summed E-state index contributed by atoms with van der Waals surface area (Å²) in [5.41, 5.74) is 2.71. The Labute approximate surface area is 140 Å².